The summed E-state index contributed by atoms with van der Waals surface area (Å²) >= 11 is 1.90. The summed E-state index contributed by atoms with van der Waals surface area (Å²) in [6, 6.07) is 0.377. The molecule has 14 heteroatoms. The van der Waals surface area contributed by atoms with E-state index in [9.17, 15) is 24.0 Å². The highest BCUT2D eigenvalue weighted by molar-refractivity contribution is 8.00. The molecule has 4 rings (SSSR count). The Morgan fingerprint density at radius 1 is 1.05 bits per heavy atom. The molecule has 0 aromatic carbocycles. The number of imidazole rings is 1. The lowest BCUT2D eigenvalue weighted by Gasteiger charge is -2.16. The maximum absolute atomic E-state index is 13.3. The third-order valence-corrected chi connectivity index (χ3v) is 9.91. The Morgan fingerprint density at radius 2 is 1.80 bits per heavy atom. The first-order chi connectivity index (χ1) is 21.2. The van der Waals surface area contributed by atoms with E-state index in [1.54, 1.807) is 22.5 Å². The van der Waals surface area contributed by atoms with Gasteiger partial charge in [-0.25, -0.2) is 14.6 Å². The molecule has 2 aliphatic rings. The average Bonchev–Trinajstić information content (AvgIpc) is 3.65. The predicted molar refractivity (Wildman–Crippen MR) is 170 cm³/mol. The molecule has 0 saturated carbocycles. The van der Waals surface area contributed by atoms with Crippen molar-refractivity contribution in [3.8, 4) is 0 Å². The second-order valence-corrected chi connectivity index (χ2v) is 13.2. The summed E-state index contributed by atoms with van der Waals surface area (Å²) in [6.45, 7) is 4.60. The Kier molecular flexibility index (Phi) is 12.3. The zero-order valence-corrected chi connectivity index (χ0v) is 27.0. The Morgan fingerprint density at radius 3 is 2.59 bits per heavy atom. The summed E-state index contributed by atoms with van der Waals surface area (Å²) in [7, 11) is 1.75. The average molecular weight is 634 g/mol. The number of hydrogen-bond acceptors (Lipinski definition) is 8. The molecule has 4 heterocycles. The van der Waals surface area contributed by atoms with Gasteiger partial charge in [0.15, 0.2) is 11.2 Å². The molecular formula is C30H47N7O6S. The zero-order valence-electron chi connectivity index (χ0n) is 26.1. The lowest BCUT2D eigenvalue weighted by Crippen LogP contribution is -2.40. The highest BCUT2D eigenvalue weighted by Gasteiger charge is 2.42. The number of unbranched alkanes of at least 4 members (excludes halogenated alkanes) is 5. The van der Waals surface area contributed by atoms with E-state index in [1.807, 2.05) is 18.7 Å². The van der Waals surface area contributed by atoms with Gasteiger partial charge in [0.05, 0.1) is 24.5 Å². The van der Waals surface area contributed by atoms with Gasteiger partial charge in [-0.05, 0) is 51.9 Å². The van der Waals surface area contributed by atoms with Crippen LogP contribution in [0.3, 0.4) is 0 Å². The monoisotopic (exact) mass is 633 g/mol. The quantitative estimate of drug-likeness (QED) is 0.128. The molecule has 13 nitrogen and oxygen atoms in total. The van der Waals surface area contributed by atoms with Crippen molar-refractivity contribution >= 4 is 40.8 Å². The van der Waals surface area contributed by atoms with Crippen molar-refractivity contribution in [3.63, 3.8) is 0 Å². The lowest BCUT2D eigenvalue weighted by molar-refractivity contribution is -0.145. The fourth-order valence-corrected chi connectivity index (χ4v) is 7.64. The van der Waals surface area contributed by atoms with Crippen LogP contribution in [0.2, 0.25) is 0 Å². The number of thioether (sulfide) groups is 1. The van der Waals surface area contributed by atoms with Gasteiger partial charge in [-0.1, -0.05) is 19.3 Å². The number of esters is 1. The third-order valence-electron chi connectivity index (χ3n) is 8.40. The van der Waals surface area contributed by atoms with E-state index in [2.05, 4.69) is 20.9 Å². The SMILES string of the molecule is CC(=O)OC(C)CCCCn1c(=O)c2c(ncn2C)n(CCCCCCNC(=O)CCCC[C@H]2SC[C@@H]3NC(=O)N[C@@H]32)c1=O. The van der Waals surface area contributed by atoms with Gasteiger partial charge in [-0.2, -0.15) is 11.8 Å². The van der Waals surface area contributed by atoms with Crippen LogP contribution in [0.5, 0.6) is 0 Å². The van der Waals surface area contributed by atoms with Gasteiger partial charge in [0, 0.05) is 51.0 Å². The van der Waals surface area contributed by atoms with Gasteiger partial charge < -0.3 is 25.3 Å². The van der Waals surface area contributed by atoms with E-state index in [-0.39, 0.29) is 47.3 Å². The summed E-state index contributed by atoms with van der Waals surface area (Å²) in [4.78, 5) is 65.7. The van der Waals surface area contributed by atoms with Crippen LogP contribution in [0.25, 0.3) is 11.2 Å². The number of urea groups is 1. The molecular weight excluding hydrogens is 586 g/mol. The Balaban J connectivity index is 1.14. The maximum atomic E-state index is 13.3. The van der Waals surface area contributed by atoms with Crippen molar-refractivity contribution < 1.29 is 19.1 Å². The molecule has 0 aliphatic carbocycles. The van der Waals surface area contributed by atoms with E-state index >= 15 is 0 Å². The number of nitrogens with one attached hydrogen (secondary N) is 3. The number of nitrogens with zero attached hydrogens (tertiary/aromatic N) is 4. The minimum Gasteiger partial charge on any atom is -0.463 e. The molecule has 2 aromatic rings. The largest absolute Gasteiger partial charge is 0.463 e. The number of aromatic nitrogens is 4. The second-order valence-electron chi connectivity index (χ2n) is 12.0. The number of ether oxygens (including phenoxy) is 1. The summed E-state index contributed by atoms with van der Waals surface area (Å²) in [5.41, 5.74) is 0.132. The fourth-order valence-electron chi connectivity index (χ4n) is 6.09. The maximum Gasteiger partial charge on any atom is 0.332 e. The first kappa shape index (κ1) is 33.6. The van der Waals surface area contributed by atoms with Crippen LogP contribution in [-0.2, 0) is 34.5 Å². The highest BCUT2D eigenvalue weighted by Crippen LogP contribution is 2.33. The standard InChI is InChI=1S/C30H47N7O6S/c1-20(43-21(2)38)12-8-11-17-37-28(40)26-27(32-19-35(26)3)36(30(37)42)16-10-5-4-9-15-31-24(39)14-7-6-13-23-25-22(18-44-23)33-29(41)34-25/h19-20,22-23,25H,4-18H2,1-3H3,(H,31,39)(H2,33,34,41)/t20?,22-,23+,25-/m0/s1. The molecule has 1 unspecified atom stereocenters. The Labute approximate surface area is 261 Å². The molecule has 44 heavy (non-hydrogen) atoms. The number of hydrogen-bond donors (Lipinski definition) is 3. The van der Waals surface area contributed by atoms with Gasteiger partial charge in [0.1, 0.15) is 0 Å². The molecule has 3 N–H and O–H groups in total. The topological polar surface area (TPSA) is 158 Å². The van der Waals surface area contributed by atoms with E-state index in [0.717, 1.165) is 57.1 Å². The third kappa shape index (κ3) is 8.89. The van der Waals surface area contributed by atoms with Gasteiger partial charge in [0.2, 0.25) is 5.91 Å². The van der Waals surface area contributed by atoms with E-state index in [0.29, 0.717) is 55.3 Å². The highest BCUT2D eigenvalue weighted by atomic mass is 32.2. The van der Waals surface area contributed by atoms with Crippen LogP contribution in [0.1, 0.15) is 84.5 Å². The zero-order chi connectivity index (χ0) is 31.6. The van der Waals surface area contributed by atoms with Crippen LogP contribution in [0, 0.1) is 0 Å². The minimum absolute atomic E-state index is 0.0675. The summed E-state index contributed by atoms with van der Waals surface area (Å²) in [6.07, 6.45) is 10.1. The molecule has 2 saturated heterocycles. The number of aryl methyl sites for hydroxylation is 2. The predicted octanol–water partition coefficient (Wildman–Crippen LogP) is 2.42. The molecule has 0 bridgehead atoms. The molecule has 244 valence electrons. The lowest BCUT2D eigenvalue weighted by atomic mass is 10.0. The fraction of sp³-hybridized carbons (Fsp3) is 0.733. The number of carbonyl (C=O) groups is 3. The summed E-state index contributed by atoms with van der Waals surface area (Å²) in [5, 5.41) is 9.40. The van der Waals surface area contributed by atoms with Crippen LogP contribution in [-0.4, -0.2) is 72.3 Å². The van der Waals surface area contributed by atoms with E-state index < -0.39 is 0 Å². The van der Waals surface area contributed by atoms with E-state index in [4.69, 9.17) is 4.74 Å². The van der Waals surface area contributed by atoms with Crippen LogP contribution in [0.15, 0.2) is 15.9 Å². The van der Waals surface area contributed by atoms with Crippen molar-refractivity contribution in [2.75, 3.05) is 12.3 Å². The normalized spacial score (nSPS) is 19.9. The second kappa shape index (κ2) is 16.1. The molecule has 3 amide bonds. The number of rotatable bonds is 18. The van der Waals surface area contributed by atoms with Gasteiger partial charge in [0.25, 0.3) is 5.56 Å². The van der Waals surface area contributed by atoms with Crippen molar-refractivity contribution in [1.82, 2.24) is 34.6 Å². The van der Waals surface area contributed by atoms with Gasteiger partial charge in [-0.3, -0.25) is 23.5 Å². The number of carbonyl (C=O) groups excluding carboxylic acids is 3. The number of fused-ring (bicyclic) bond motifs is 2. The van der Waals surface area contributed by atoms with Gasteiger partial charge >= 0.3 is 17.7 Å². The smallest absolute Gasteiger partial charge is 0.332 e. The molecule has 2 aliphatic heterocycles. The first-order valence-electron chi connectivity index (χ1n) is 15.9. The van der Waals surface area contributed by atoms with Crippen molar-refractivity contribution in [3.05, 3.63) is 27.2 Å². The van der Waals surface area contributed by atoms with Crippen molar-refractivity contribution in [1.29, 1.82) is 0 Å². The Bertz CT molecular complexity index is 1420. The van der Waals surface area contributed by atoms with Gasteiger partial charge in [-0.15, -0.1) is 0 Å². The first-order valence-corrected chi connectivity index (χ1v) is 17.0. The van der Waals surface area contributed by atoms with Crippen molar-refractivity contribution in [2.24, 2.45) is 7.05 Å². The number of amides is 3. The summed E-state index contributed by atoms with van der Waals surface area (Å²) in [5.74, 6) is 0.707. The Hall–Kier alpha value is -3.29. The summed E-state index contributed by atoms with van der Waals surface area (Å²) < 4.78 is 9.71. The van der Waals surface area contributed by atoms with E-state index in [1.165, 1.54) is 11.5 Å². The van der Waals surface area contributed by atoms with Crippen LogP contribution < -0.4 is 27.2 Å². The molecule has 2 fully saturated rings. The van der Waals surface area contributed by atoms with Crippen LogP contribution in [0.4, 0.5) is 4.79 Å². The van der Waals surface area contributed by atoms with Crippen LogP contribution >= 0.6 is 11.8 Å². The molecule has 4 atom stereocenters. The molecule has 2 aromatic heterocycles. The van der Waals surface area contributed by atoms with Crippen molar-refractivity contribution in [2.45, 2.75) is 121 Å². The molecule has 0 radical (unpaired) electrons. The minimum atomic E-state index is -0.350. The molecule has 0 spiro atoms.